The largest absolute Gasteiger partial charge is 0.455 e. The van der Waals surface area contributed by atoms with Crippen molar-refractivity contribution in [3.05, 3.63) is 188 Å². The molecule has 0 aliphatic carbocycles. The molecular weight excluding hydrogens is 703 g/mol. The minimum atomic E-state index is 0.551. The van der Waals surface area contributed by atoms with Crippen LogP contribution in [0.3, 0.4) is 0 Å². The molecule has 11 rings (SSSR count). The Kier molecular flexibility index (Phi) is 7.64. The zero-order chi connectivity index (χ0) is 37.0. The third kappa shape index (κ3) is 5.56. The minimum Gasteiger partial charge on any atom is -0.455 e. The van der Waals surface area contributed by atoms with Crippen molar-refractivity contribution < 1.29 is 4.42 Å². The Labute approximate surface area is 327 Å². The molecule has 262 valence electrons. The van der Waals surface area contributed by atoms with Gasteiger partial charge in [-0.1, -0.05) is 140 Å². The molecule has 0 atom stereocenters. The van der Waals surface area contributed by atoms with Crippen LogP contribution >= 0.6 is 11.3 Å². The van der Waals surface area contributed by atoms with Crippen molar-refractivity contribution in [2.75, 3.05) is 0 Å². The lowest BCUT2D eigenvalue weighted by Gasteiger charge is -2.13. The molecule has 3 aromatic heterocycles. The second-order valence-electron chi connectivity index (χ2n) is 14.0. The highest BCUT2D eigenvalue weighted by molar-refractivity contribution is 7.25. The maximum absolute atomic E-state index is 6.79. The third-order valence-electron chi connectivity index (χ3n) is 10.5. The first kappa shape index (κ1) is 32.2. The summed E-state index contributed by atoms with van der Waals surface area (Å²) in [4.78, 5) is 15.6. The molecule has 0 unspecified atom stereocenters. The van der Waals surface area contributed by atoms with E-state index in [1.54, 1.807) is 0 Å². The summed E-state index contributed by atoms with van der Waals surface area (Å²) in [5.74, 6) is 1.74. The number of fused-ring (bicyclic) bond motifs is 6. The average molecular weight is 734 g/mol. The van der Waals surface area contributed by atoms with E-state index in [-0.39, 0.29) is 0 Å². The maximum Gasteiger partial charge on any atom is 0.167 e. The van der Waals surface area contributed by atoms with Gasteiger partial charge in [-0.2, -0.15) is 0 Å². The molecule has 4 nitrogen and oxygen atoms in total. The second-order valence-corrected chi connectivity index (χ2v) is 15.1. The van der Waals surface area contributed by atoms with Gasteiger partial charge >= 0.3 is 0 Å². The van der Waals surface area contributed by atoms with Gasteiger partial charge in [0.25, 0.3) is 0 Å². The first-order valence-corrected chi connectivity index (χ1v) is 19.5. The van der Waals surface area contributed by atoms with Crippen molar-refractivity contribution in [3.63, 3.8) is 0 Å². The number of thiophene rings is 1. The van der Waals surface area contributed by atoms with Gasteiger partial charge in [0, 0.05) is 42.1 Å². The van der Waals surface area contributed by atoms with Gasteiger partial charge in [-0.3, -0.25) is 0 Å². The fourth-order valence-corrected chi connectivity index (χ4v) is 8.92. The Bertz CT molecular complexity index is 3180. The molecule has 0 saturated heterocycles. The summed E-state index contributed by atoms with van der Waals surface area (Å²) in [6.45, 7) is 0. The normalized spacial score (nSPS) is 11.6. The van der Waals surface area contributed by atoms with Gasteiger partial charge in [0.1, 0.15) is 11.2 Å². The molecule has 0 radical (unpaired) electrons. The van der Waals surface area contributed by atoms with Crippen LogP contribution in [0.25, 0.3) is 110 Å². The molecular formula is C51H31N3OS. The van der Waals surface area contributed by atoms with E-state index >= 15 is 0 Å². The molecule has 0 spiro atoms. The van der Waals surface area contributed by atoms with Crippen molar-refractivity contribution in [1.82, 2.24) is 15.0 Å². The lowest BCUT2D eigenvalue weighted by Crippen LogP contribution is -2.01. The highest BCUT2D eigenvalue weighted by Crippen LogP contribution is 2.44. The molecule has 0 N–H and O–H groups in total. The predicted molar refractivity (Wildman–Crippen MR) is 233 cm³/mol. The summed E-state index contributed by atoms with van der Waals surface area (Å²) in [5.41, 5.74) is 10.8. The van der Waals surface area contributed by atoms with E-state index < -0.39 is 0 Å². The van der Waals surface area contributed by atoms with Crippen LogP contribution in [-0.2, 0) is 0 Å². The van der Waals surface area contributed by atoms with Crippen LogP contribution in [-0.4, -0.2) is 15.0 Å². The SMILES string of the molecule is c1ccc(-c2cc(-c3ccccc3)cc(-c3nc(-c4ccccc4)nc(-c4ccc(-c5ccc6sc7ccccc7c6c5)c5c4oc4ccccc45)n3)c2)cc1. The molecule has 0 aliphatic rings. The van der Waals surface area contributed by atoms with Crippen molar-refractivity contribution in [2.24, 2.45) is 0 Å². The van der Waals surface area contributed by atoms with E-state index in [1.165, 1.54) is 20.2 Å². The number of para-hydroxylation sites is 1. The maximum atomic E-state index is 6.79. The fraction of sp³-hybridized carbons (Fsp3) is 0. The van der Waals surface area contributed by atoms with Gasteiger partial charge < -0.3 is 4.42 Å². The summed E-state index contributed by atoms with van der Waals surface area (Å²) in [6.07, 6.45) is 0. The quantitative estimate of drug-likeness (QED) is 0.171. The second kappa shape index (κ2) is 13.3. The number of hydrogen-bond acceptors (Lipinski definition) is 5. The summed E-state index contributed by atoms with van der Waals surface area (Å²) in [6, 6.07) is 65.7. The van der Waals surface area contributed by atoms with Gasteiger partial charge in [-0.05, 0) is 81.9 Å². The molecule has 5 heteroatoms. The molecule has 11 aromatic rings. The van der Waals surface area contributed by atoms with Gasteiger partial charge in [0.2, 0.25) is 0 Å². The van der Waals surface area contributed by atoms with E-state index in [4.69, 9.17) is 19.4 Å². The number of rotatable bonds is 6. The van der Waals surface area contributed by atoms with E-state index in [0.29, 0.717) is 17.5 Å². The number of nitrogens with zero attached hydrogens (tertiary/aromatic N) is 3. The Balaban J connectivity index is 1.15. The Morgan fingerprint density at radius 2 is 0.875 bits per heavy atom. The van der Waals surface area contributed by atoms with Crippen LogP contribution in [0.5, 0.6) is 0 Å². The van der Waals surface area contributed by atoms with Gasteiger partial charge in [0.05, 0.1) is 5.56 Å². The van der Waals surface area contributed by atoms with Crippen LogP contribution in [0.2, 0.25) is 0 Å². The standard InChI is InChI=1S/C51H31N3OS/c1-4-14-32(15-5-1)36-28-37(33-16-6-2-7-17-33)30-38(29-36)50-52-49(34-18-8-3-9-19-34)53-51(54-50)42-26-25-39(47-41-21-10-12-22-44(41)55-48(42)47)35-24-27-46-43(31-35)40-20-11-13-23-45(40)56-46/h1-31H. The Hall–Kier alpha value is -7.21. The Morgan fingerprint density at radius 3 is 1.59 bits per heavy atom. The average Bonchev–Trinajstić information content (AvgIpc) is 3.85. The highest BCUT2D eigenvalue weighted by atomic mass is 32.1. The smallest absolute Gasteiger partial charge is 0.167 e. The number of furan rings is 1. The Morgan fingerprint density at radius 1 is 0.339 bits per heavy atom. The summed E-state index contributed by atoms with van der Waals surface area (Å²) in [5, 5.41) is 4.63. The van der Waals surface area contributed by atoms with Crippen LogP contribution in [0, 0.1) is 0 Å². The van der Waals surface area contributed by atoms with Crippen LogP contribution < -0.4 is 0 Å². The van der Waals surface area contributed by atoms with Crippen molar-refractivity contribution in [3.8, 4) is 67.5 Å². The molecule has 0 amide bonds. The molecule has 8 aromatic carbocycles. The zero-order valence-corrected chi connectivity index (χ0v) is 30.9. The van der Waals surface area contributed by atoms with Gasteiger partial charge in [-0.25, -0.2) is 15.0 Å². The highest BCUT2D eigenvalue weighted by Gasteiger charge is 2.22. The van der Waals surface area contributed by atoms with Crippen LogP contribution in [0.15, 0.2) is 192 Å². The van der Waals surface area contributed by atoms with E-state index in [9.17, 15) is 0 Å². The van der Waals surface area contributed by atoms with Crippen LogP contribution in [0.4, 0.5) is 0 Å². The van der Waals surface area contributed by atoms with E-state index in [2.05, 4.69) is 133 Å². The summed E-state index contributed by atoms with van der Waals surface area (Å²) < 4.78 is 9.36. The third-order valence-corrected chi connectivity index (χ3v) is 11.7. The number of benzene rings is 8. The molecule has 56 heavy (non-hydrogen) atoms. The fourth-order valence-electron chi connectivity index (χ4n) is 7.83. The monoisotopic (exact) mass is 733 g/mol. The van der Waals surface area contributed by atoms with Crippen molar-refractivity contribution >= 4 is 53.4 Å². The topological polar surface area (TPSA) is 51.8 Å². The lowest BCUT2D eigenvalue weighted by atomic mass is 9.95. The molecule has 3 heterocycles. The first-order chi connectivity index (χ1) is 27.7. The number of aromatic nitrogens is 3. The minimum absolute atomic E-state index is 0.551. The van der Waals surface area contributed by atoms with Crippen molar-refractivity contribution in [2.45, 2.75) is 0 Å². The molecule has 0 bridgehead atoms. The van der Waals surface area contributed by atoms with Gasteiger partial charge in [-0.15, -0.1) is 11.3 Å². The first-order valence-electron chi connectivity index (χ1n) is 18.7. The zero-order valence-electron chi connectivity index (χ0n) is 30.1. The van der Waals surface area contributed by atoms with E-state index in [0.717, 1.165) is 72.0 Å². The molecule has 0 aliphatic heterocycles. The predicted octanol–water partition coefficient (Wildman–Crippen LogP) is 14.1. The van der Waals surface area contributed by atoms with E-state index in [1.807, 2.05) is 65.9 Å². The summed E-state index contributed by atoms with van der Waals surface area (Å²) in [7, 11) is 0. The number of hydrogen-bond donors (Lipinski definition) is 0. The molecule has 0 fully saturated rings. The lowest BCUT2D eigenvalue weighted by molar-refractivity contribution is 0.669. The van der Waals surface area contributed by atoms with Crippen molar-refractivity contribution in [1.29, 1.82) is 0 Å². The molecule has 0 saturated carbocycles. The van der Waals surface area contributed by atoms with Gasteiger partial charge in [0.15, 0.2) is 17.5 Å². The van der Waals surface area contributed by atoms with Crippen LogP contribution in [0.1, 0.15) is 0 Å². The summed E-state index contributed by atoms with van der Waals surface area (Å²) >= 11 is 1.83.